The van der Waals surface area contributed by atoms with Gasteiger partial charge in [0.1, 0.15) is 11.9 Å². The van der Waals surface area contributed by atoms with Gasteiger partial charge in [-0.15, -0.1) is 0 Å². The highest BCUT2D eigenvalue weighted by atomic mass is 16.6. The van der Waals surface area contributed by atoms with E-state index < -0.39 is 0 Å². The molecule has 0 fully saturated rings. The number of benzene rings is 4. The number of hydrogen-bond donors (Lipinski definition) is 6. The molecule has 4 aromatic carbocycles. The summed E-state index contributed by atoms with van der Waals surface area (Å²) in [6, 6.07) is 22.4. The number of oxime groups is 1. The first kappa shape index (κ1) is 40.5. The number of carbonyl (C=O) groups excluding carboxylic acids is 1. The van der Waals surface area contributed by atoms with Crippen molar-refractivity contribution < 1.29 is 44.3 Å². The van der Waals surface area contributed by atoms with Gasteiger partial charge >= 0.3 is 0 Å². The number of ether oxygens (including phenoxy) is 3. The number of carbonyl (C=O) groups is 1. The highest BCUT2D eigenvalue weighted by molar-refractivity contribution is 6.02. The Balaban J connectivity index is 0.858. The molecule has 2 aliphatic rings. The molecule has 2 atom stereocenters. The molecule has 2 unspecified atom stereocenters. The summed E-state index contributed by atoms with van der Waals surface area (Å²) in [5.41, 5.74) is 6.93. The Hall–Kier alpha value is -5.14. The second kappa shape index (κ2) is 20.1. The molecule has 6 N–H and O–H groups in total. The molecular weight excluding hydrogens is 714 g/mol. The van der Waals surface area contributed by atoms with Crippen LogP contribution in [0, 0.1) is 0 Å². The average Bonchev–Trinajstić information content (AvgIpc) is 3.74. The fourth-order valence-corrected chi connectivity index (χ4v) is 7.23. The van der Waals surface area contributed by atoms with E-state index in [0.29, 0.717) is 70.4 Å². The third kappa shape index (κ3) is 9.99. The first-order valence-electron chi connectivity index (χ1n) is 19.5. The molecule has 0 saturated heterocycles. The first-order chi connectivity index (χ1) is 27.5. The monoisotopic (exact) mass is 767 g/mol. The number of nitrogens with one attached hydrogen (secondary N) is 2. The maximum atomic E-state index is 12.6. The second-order valence-electron chi connectivity index (χ2n) is 14.1. The number of methoxy groups -OCH3 is 1. The highest BCUT2D eigenvalue weighted by Crippen LogP contribution is 2.36. The van der Waals surface area contributed by atoms with Crippen molar-refractivity contribution in [1.82, 2.24) is 5.32 Å². The number of rotatable bonds is 21. The van der Waals surface area contributed by atoms with E-state index in [1.807, 2.05) is 54.6 Å². The van der Waals surface area contributed by atoms with E-state index in [2.05, 4.69) is 15.8 Å². The fraction of sp³-hybridized carbons (Fsp3) is 0.409. The van der Waals surface area contributed by atoms with Crippen LogP contribution in [0.4, 0.5) is 5.69 Å². The van der Waals surface area contributed by atoms with Crippen molar-refractivity contribution in [3.05, 3.63) is 117 Å². The van der Waals surface area contributed by atoms with Crippen LogP contribution in [0.25, 0.3) is 0 Å². The summed E-state index contributed by atoms with van der Waals surface area (Å²) >= 11 is 0. The fourth-order valence-electron chi connectivity index (χ4n) is 7.23. The summed E-state index contributed by atoms with van der Waals surface area (Å²) in [5.74, 6) is 1.84. The molecule has 12 heteroatoms. The molecule has 0 saturated carbocycles. The molecule has 0 spiro atoms. The Bertz CT molecular complexity index is 1940. The van der Waals surface area contributed by atoms with Crippen LogP contribution in [0.1, 0.15) is 119 Å². The van der Waals surface area contributed by atoms with Crippen LogP contribution in [0.3, 0.4) is 0 Å². The lowest BCUT2D eigenvalue weighted by Gasteiger charge is -2.28. The van der Waals surface area contributed by atoms with Gasteiger partial charge in [0.25, 0.3) is 5.91 Å². The van der Waals surface area contributed by atoms with E-state index >= 15 is 0 Å². The molecule has 0 aromatic heterocycles. The topological polar surface area (TPSA) is 171 Å². The van der Waals surface area contributed by atoms with Crippen molar-refractivity contribution in [2.75, 3.05) is 25.6 Å². The predicted octanol–water partition coefficient (Wildman–Crippen LogP) is 6.96. The zero-order valence-corrected chi connectivity index (χ0v) is 32.0. The third-order valence-corrected chi connectivity index (χ3v) is 10.4. The normalized spacial score (nSPS) is 16.0. The van der Waals surface area contributed by atoms with Gasteiger partial charge in [0.2, 0.25) is 0 Å². The van der Waals surface area contributed by atoms with E-state index in [1.165, 1.54) is 0 Å². The number of anilines is 1. The number of fused-ring (bicyclic) bond motifs is 1. The van der Waals surface area contributed by atoms with Crippen LogP contribution in [0.5, 0.6) is 17.2 Å². The van der Waals surface area contributed by atoms with Crippen LogP contribution in [0.2, 0.25) is 0 Å². The summed E-state index contributed by atoms with van der Waals surface area (Å²) < 4.78 is 17.7. The molecule has 0 bridgehead atoms. The van der Waals surface area contributed by atoms with Gasteiger partial charge < -0.3 is 50.1 Å². The standard InChI is InChI=1S/C44H53N3O9/c1-53-40-17-14-29(41-24-38(47-56-41)31-21-32(25-48)36(28-51)33(22-31)26-49)23-42(40)55-19-11-7-5-3-2-4-6-10-18-54-39-16-15-30(20-34(39)27-50)43-45-37-13-9-8-12-35(37)44(52)46-43/h8-9,12-17,20-23,41,43,45,48-51H,2-7,10-11,18-19,24-28H2,1H3,(H,46,52). The lowest BCUT2D eigenvalue weighted by Crippen LogP contribution is -2.38. The van der Waals surface area contributed by atoms with Crippen molar-refractivity contribution in [1.29, 1.82) is 0 Å². The number of para-hydroxylation sites is 1. The predicted molar refractivity (Wildman–Crippen MR) is 213 cm³/mol. The Kier molecular flexibility index (Phi) is 14.6. The molecule has 0 radical (unpaired) electrons. The van der Waals surface area contributed by atoms with Crippen LogP contribution in [0.15, 0.2) is 78.0 Å². The summed E-state index contributed by atoms with van der Waals surface area (Å²) in [7, 11) is 1.62. The number of hydrogen-bond acceptors (Lipinski definition) is 11. The average molecular weight is 768 g/mol. The van der Waals surface area contributed by atoms with Crippen molar-refractivity contribution >= 4 is 17.3 Å². The van der Waals surface area contributed by atoms with Gasteiger partial charge in [-0.25, -0.2) is 0 Å². The second-order valence-corrected chi connectivity index (χ2v) is 14.1. The maximum Gasteiger partial charge on any atom is 0.255 e. The molecule has 12 nitrogen and oxygen atoms in total. The van der Waals surface area contributed by atoms with Crippen molar-refractivity contribution in [3.8, 4) is 17.2 Å². The number of nitrogens with zero attached hydrogens (tertiary/aromatic N) is 1. The van der Waals surface area contributed by atoms with Gasteiger partial charge in [0.15, 0.2) is 17.6 Å². The highest BCUT2D eigenvalue weighted by Gasteiger charge is 2.27. The lowest BCUT2D eigenvalue weighted by molar-refractivity contribution is 0.0854. The Morgan fingerprint density at radius 3 is 1.96 bits per heavy atom. The molecule has 2 heterocycles. The van der Waals surface area contributed by atoms with Crippen LogP contribution in [-0.4, -0.2) is 52.4 Å². The van der Waals surface area contributed by atoms with Crippen LogP contribution in [-0.2, 0) is 31.3 Å². The number of amides is 1. The van der Waals surface area contributed by atoms with E-state index in [4.69, 9.17) is 19.0 Å². The Labute approximate surface area is 328 Å². The molecule has 2 aliphatic heterocycles. The molecule has 1 amide bonds. The molecular formula is C44H53N3O9. The van der Waals surface area contributed by atoms with Gasteiger partial charge in [-0.1, -0.05) is 67.9 Å². The summed E-state index contributed by atoms with van der Waals surface area (Å²) in [5, 5.41) is 50.0. The van der Waals surface area contributed by atoms with Crippen LogP contribution < -0.4 is 24.8 Å². The minimum atomic E-state index is -0.385. The van der Waals surface area contributed by atoms with Gasteiger partial charge in [0, 0.05) is 23.2 Å². The maximum absolute atomic E-state index is 12.6. The van der Waals surface area contributed by atoms with E-state index in [-0.39, 0.29) is 44.6 Å². The molecule has 6 rings (SSSR count). The van der Waals surface area contributed by atoms with E-state index in [1.54, 1.807) is 25.3 Å². The minimum absolute atomic E-state index is 0.131. The Morgan fingerprint density at radius 1 is 0.679 bits per heavy atom. The smallest absolute Gasteiger partial charge is 0.255 e. The number of aliphatic hydroxyl groups excluding tert-OH is 4. The molecule has 4 aromatic rings. The zero-order chi connectivity index (χ0) is 39.3. The Morgan fingerprint density at radius 2 is 1.30 bits per heavy atom. The largest absolute Gasteiger partial charge is 0.493 e. The molecule has 0 aliphatic carbocycles. The summed E-state index contributed by atoms with van der Waals surface area (Å²) in [4.78, 5) is 18.4. The van der Waals surface area contributed by atoms with Gasteiger partial charge in [-0.3, -0.25) is 4.79 Å². The minimum Gasteiger partial charge on any atom is -0.493 e. The van der Waals surface area contributed by atoms with Gasteiger partial charge in [-0.05, 0) is 89.2 Å². The first-order valence-corrected chi connectivity index (χ1v) is 19.5. The summed E-state index contributed by atoms with van der Waals surface area (Å²) in [6.07, 6.45) is 8.40. The van der Waals surface area contributed by atoms with Crippen LogP contribution >= 0.6 is 0 Å². The lowest BCUT2D eigenvalue weighted by atomic mass is 9.94. The van der Waals surface area contributed by atoms with E-state index in [9.17, 15) is 25.2 Å². The van der Waals surface area contributed by atoms with Crippen molar-refractivity contribution in [2.24, 2.45) is 5.16 Å². The molecule has 298 valence electrons. The SMILES string of the molecule is COc1ccc(C2CC(c3cc(CO)c(CO)c(CO)c3)=NO2)cc1OCCCCCCCCCCOc1ccc(C2NC(=O)c3ccccc3N2)cc1CO. The van der Waals surface area contributed by atoms with E-state index in [0.717, 1.165) is 73.7 Å². The van der Waals surface area contributed by atoms with Gasteiger partial charge in [-0.2, -0.15) is 0 Å². The zero-order valence-electron chi connectivity index (χ0n) is 32.0. The third-order valence-electron chi connectivity index (χ3n) is 10.4. The number of aliphatic hydroxyl groups is 4. The quantitative estimate of drug-likeness (QED) is 0.0487. The van der Waals surface area contributed by atoms with Crippen molar-refractivity contribution in [2.45, 2.75) is 96.5 Å². The van der Waals surface area contributed by atoms with Gasteiger partial charge in [0.05, 0.1) is 58.0 Å². The summed E-state index contributed by atoms with van der Waals surface area (Å²) in [6.45, 7) is 0.231. The molecule has 56 heavy (non-hydrogen) atoms. The van der Waals surface area contributed by atoms with Crippen molar-refractivity contribution in [3.63, 3.8) is 0 Å². The number of unbranched alkanes of at least 4 members (excludes halogenated alkanes) is 7.